The van der Waals surface area contributed by atoms with Gasteiger partial charge in [-0.1, -0.05) is 52.0 Å². The molecular formula is C22H31NO2. The first-order valence-corrected chi connectivity index (χ1v) is 8.96. The fourth-order valence-corrected chi connectivity index (χ4v) is 2.64. The standard InChI is InChI=1S/C22H31NO2/c1-17(18-8-6-11-21(14-18)25-13-12-24-5)16-23-20-10-7-9-19(15-20)22(2,3)4/h6-11,14-15,17,23H,12-13,16H2,1-5H3. The molecule has 0 heterocycles. The lowest BCUT2D eigenvalue weighted by Gasteiger charge is -2.21. The molecule has 0 aromatic heterocycles. The number of ether oxygens (including phenoxy) is 2. The van der Waals surface area contributed by atoms with Crippen LogP contribution in [0.1, 0.15) is 44.7 Å². The van der Waals surface area contributed by atoms with Crippen molar-refractivity contribution in [2.45, 2.75) is 39.0 Å². The van der Waals surface area contributed by atoms with Crippen LogP contribution < -0.4 is 10.1 Å². The zero-order valence-electron chi connectivity index (χ0n) is 16.1. The van der Waals surface area contributed by atoms with Gasteiger partial charge >= 0.3 is 0 Å². The minimum absolute atomic E-state index is 0.164. The van der Waals surface area contributed by atoms with E-state index in [4.69, 9.17) is 9.47 Å². The van der Waals surface area contributed by atoms with Gasteiger partial charge in [0.25, 0.3) is 0 Å². The highest BCUT2D eigenvalue weighted by Crippen LogP contribution is 2.26. The second-order valence-electron chi connectivity index (χ2n) is 7.53. The Hall–Kier alpha value is -2.00. The minimum Gasteiger partial charge on any atom is -0.491 e. The summed E-state index contributed by atoms with van der Waals surface area (Å²) < 4.78 is 10.7. The van der Waals surface area contributed by atoms with E-state index in [0.717, 1.165) is 12.3 Å². The van der Waals surface area contributed by atoms with E-state index in [9.17, 15) is 0 Å². The predicted molar refractivity (Wildman–Crippen MR) is 106 cm³/mol. The van der Waals surface area contributed by atoms with Crippen LogP contribution in [0.25, 0.3) is 0 Å². The Labute approximate surface area is 152 Å². The smallest absolute Gasteiger partial charge is 0.119 e. The van der Waals surface area contributed by atoms with Crippen LogP contribution in [-0.2, 0) is 10.2 Å². The van der Waals surface area contributed by atoms with E-state index in [-0.39, 0.29) is 5.41 Å². The molecule has 0 aliphatic rings. The van der Waals surface area contributed by atoms with Crippen molar-refractivity contribution < 1.29 is 9.47 Å². The molecule has 136 valence electrons. The van der Waals surface area contributed by atoms with Crippen molar-refractivity contribution in [3.05, 3.63) is 59.7 Å². The van der Waals surface area contributed by atoms with Gasteiger partial charge in [-0.25, -0.2) is 0 Å². The molecule has 3 heteroatoms. The first-order valence-electron chi connectivity index (χ1n) is 8.96. The zero-order valence-corrected chi connectivity index (χ0v) is 16.1. The van der Waals surface area contributed by atoms with Crippen LogP contribution >= 0.6 is 0 Å². The SMILES string of the molecule is COCCOc1cccc(C(C)CNc2cccc(C(C)(C)C)c2)c1. The van der Waals surface area contributed by atoms with E-state index in [1.807, 2.05) is 12.1 Å². The summed E-state index contributed by atoms with van der Waals surface area (Å²) in [5.41, 5.74) is 3.96. The highest BCUT2D eigenvalue weighted by molar-refractivity contribution is 5.47. The molecular weight excluding hydrogens is 310 g/mol. The van der Waals surface area contributed by atoms with Crippen molar-refractivity contribution in [1.29, 1.82) is 0 Å². The molecule has 0 aliphatic carbocycles. The Morgan fingerprint density at radius 3 is 2.48 bits per heavy atom. The van der Waals surface area contributed by atoms with Gasteiger partial charge in [0.15, 0.2) is 0 Å². The third kappa shape index (κ3) is 6.09. The summed E-state index contributed by atoms with van der Waals surface area (Å²) in [5, 5.41) is 3.57. The summed E-state index contributed by atoms with van der Waals surface area (Å²) in [6, 6.07) is 17.0. The van der Waals surface area contributed by atoms with E-state index in [1.165, 1.54) is 16.8 Å². The van der Waals surface area contributed by atoms with Crippen molar-refractivity contribution in [2.75, 3.05) is 32.2 Å². The highest BCUT2D eigenvalue weighted by Gasteiger charge is 2.14. The van der Waals surface area contributed by atoms with Crippen molar-refractivity contribution in [2.24, 2.45) is 0 Å². The highest BCUT2D eigenvalue weighted by atomic mass is 16.5. The molecule has 2 aromatic carbocycles. The van der Waals surface area contributed by atoms with Gasteiger partial charge in [0.2, 0.25) is 0 Å². The van der Waals surface area contributed by atoms with Gasteiger partial charge < -0.3 is 14.8 Å². The Morgan fingerprint density at radius 1 is 1.00 bits per heavy atom. The van der Waals surface area contributed by atoms with Gasteiger partial charge in [0.05, 0.1) is 6.61 Å². The average Bonchev–Trinajstić information content (AvgIpc) is 2.60. The Balaban J connectivity index is 1.96. The molecule has 0 bridgehead atoms. The van der Waals surface area contributed by atoms with Crippen LogP contribution in [0.5, 0.6) is 5.75 Å². The van der Waals surface area contributed by atoms with Crippen molar-refractivity contribution in [3.63, 3.8) is 0 Å². The summed E-state index contributed by atoms with van der Waals surface area (Å²) >= 11 is 0. The van der Waals surface area contributed by atoms with Crippen LogP contribution in [0.2, 0.25) is 0 Å². The van der Waals surface area contributed by atoms with Crippen LogP contribution in [0.15, 0.2) is 48.5 Å². The number of rotatable bonds is 8. The zero-order chi connectivity index (χ0) is 18.3. The Kier molecular flexibility index (Phi) is 6.89. The normalized spacial score (nSPS) is 12.7. The maximum Gasteiger partial charge on any atom is 0.119 e. The predicted octanol–water partition coefficient (Wildman–Crippen LogP) is 5.22. The van der Waals surface area contributed by atoms with Gasteiger partial charge in [-0.3, -0.25) is 0 Å². The van der Waals surface area contributed by atoms with Gasteiger partial charge in [-0.05, 0) is 46.7 Å². The summed E-state index contributed by atoms with van der Waals surface area (Å²) in [6.07, 6.45) is 0. The van der Waals surface area contributed by atoms with Crippen LogP contribution in [0.4, 0.5) is 5.69 Å². The van der Waals surface area contributed by atoms with E-state index in [0.29, 0.717) is 19.1 Å². The number of hydrogen-bond donors (Lipinski definition) is 1. The van der Waals surface area contributed by atoms with Crippen LogP contribution in [-0.4, -0.2) is 26.9 Å². The molecule has 0 radical (unpaired) electrons. The fourth-order valence-electron chi connectivity index (χ4n) is 2.64. The number of benzene rings is 2. The van der Waals surface area contributed by atoms with Crippen LogP contribution in [0.3, 0.4) is 0 Å². The molecule has 0 amide bonds. The molecule has 0 spiro atoms. The lowest BCUT2D eigenvalue weighted by Crippen LogP contribution is -2.13. The molecule has 25 heavy (non-hydrogen) atoms. The van der Waals surface area contributed by atoms with Crippen LogP contribution in [0, 0.1) is 0 Å². The third-order valence-corrected chi connectivity index (χ3v) is 4.32. The monoisotopic (exact) mass is 341 g/mol. The minimum atomic E-state index is 0.164. The maximum atomic E-state index is 5.71. The second-order valence-corrected chi connectivity index (χ2v) is 7.53. The number of anilines is 1. The number of methoxy groups -OCH3 is 1. The summed E-state index contributed by atoms with van der Waals surface area (Å²) in [7, 11) is 1.68. The van der Waals surface area contributed by atoms with Gasteiger partial charge in [0, 0.05) is 19.3 Å². The number of hydrogen-bond acceptors (Lipinski definition) is 3. The van der Waals surface area contributed by atoms with E-state index >= 15 is 0 Å². The lowest BCUT2D eigenvalue weighted by molar-refractivity contribution is 0.146. The first kappa shape index (κ1) is 19.3. The summed E-state index contributed by atoms with van der Waals surface area (Å²) in [5.74, 6) is 1.29. The molecule has 3 nitrogen and oxygen atoms in total. The molecule has 2 aromatic rings. The fraction of sp³-hybridized carbons (Fsp3) is 0.455. The van der Waals surface area contributed by atoms with Gasteiger partial charge in [-0.15, -0.1) is 0 Å². The van der Waals surface area contributed by atoms with E-state index in [2.05, 4.69) is 69.4 Å². The van der Waals surface area contributed by atoms with Gasteiger partial charge in [-0.2, -0.15) is 0 Å². The maximum absolute atomic E-state index is 5.71. The topological polar surface area (TPSA) is 30.5 Å². The Bertz CT molecular complexity index is 661. The van der Waals surface area contributed by atoms with Crippen molar-refractivity contribution in [1.82, 2.24) is 0 Å². The quantitative estimate of drug-likeness (QED) is 0.667. The van der Waals surface area contributed by atoms with Crippen molar-refractivity contribution in [3.8, 4) is 5.75 Å². The third-order valence-electron chi connectivity index (χ3n) is 4.32. The Morgan fingerprint density at radius 2 is 1.76 bits per heavy atom. The summed E-state index contributed by atoms with van der Waals surface area (Å²) in [4.78, 5) is 0. The van der Waals surface area contributed by atoms with E-state index < -0.39 is 0 Å². The molecule has 1 unspecified atom stereocenters. The van der Waals surface area contributed by atoms with Crippen molar-refractivity contribution >= 4 is 5.69 Å². The van der Waals surface area contributed by atoms with Gasteiger partial charge in [0.1, 0.15) is 12.4 Å². The molecule has 0 saturated carbocycles. The molecule has 2 rings (SSSR count). The summed E-state index contributed by atoms with van der Waals surface area (Å²) in [6.45, 7) is 11.0. The molecule has 1 N–H and O–H groups in total. The van der Waals surface area contributed by atoms with E-state index in [1.54, 1.807) is 7.11 Å². The second kappa shape index (κ2) is 8.91. The first-order chi connectivity index (χ1) is 11.9. The number of nitrogens with one attached hydrogen (secondary N) is 1. The molecule has 1 atom stereocenters. The molecule has 0 fully saturated rings. The molecule has 0 saturated heterocycles. The average molecular weight is 341 g/mol. The largest absolute Gasteiger partial charge is 0.491 e. The lowest BCUT2D eigenvalue weighted by atomic mass is 9.87. The molecule has 0 aliphatic heterocycles.